The molecule has 1 N–H and O–H groups in total. The van der Waals surface area contributed by atoms with Crippen molar-refractivity contribution in [1.82, 2.24) is 0 Å². The Hall–Kier alpha value is -1.48. The van der Waals surface area contributed by atoms with E-state index < -0.39 is 17.2 Å². The van der Waals surface area contributed by atoms with Gasteiger partial charge in [-0.15, -0.1) is 0 Å². The topological polar surface area (TPSA) is 54.4 Å². The molecule has 0 spiro atoms. The molecule has 0 fully saturated rings. The molecule has 3 nitrogen and oxygen atoms in total. The highest BCUT2D eigenvalue weighted by atomic mass is 16.3. The average molecular weight is 190 g/mol. The monoisotopic (exact) mass is 190 g/mol. The first-order valence-corrected chi connectivity index (χ1v) is 4.42. The van der Waals surface area contributed by atoms with Gasteiger partial charge in [0.25, 0.3) is 0 Å². The first-order chi connectivity index (χ1) is 6.55. The van der Waals surface area contributed by atoms with Gasteiger partial charge in [-0.1, -0.05) is 24.3 Å². The Kier molecular flexibility index (Phi) is 1.79. The van der Waals surface area contributed by atoms with Gasteiger partial charge in [0.15, 0.2) is 11.4 Å². The number of aliphatic hydroxyl groups is 1. The lowest BCUT2D eigenvalue weighted by molar-refractivity contribution is -0.130. The lowest BCUT2D eigenvalue weighted by Gasteiger charge is -2.15. The predicted molar refractivity (Wildman–Crippen MR) is 50.1 cm³/mol. The van der Waals surface area contributed by atoms with Gasteiger partial charge in [0.2, 0.25) is 5.78 Å². The van der Waals surface area contributed by atoms with Gasteiger partial charge in [-0.2, -0.15) is 0 Å². The van der Waals surface area contributed by atoms with E-state index in [9.17, 15) is 14.7 Å². The summed E-state index contributed by atoms with van der Waals surface area (Å²) in [5.41, 5.74) is -0.607. The lowest BCUT2D eigenvalue weighted by Crippen LogP contribution is -2.43. The molecule has 1 aliphatic carbocycles. The molecule has 72 valence electrons. The van der Waals surface area contributed by atoms with Crippen LogP contribution in [0.2, 0.25) is 0 Å². The van der Waals surface area contributed by atoms with Gasteiger partial charge in [0.1, 0.15) is 0 Å². The second-order valence-electron chi connectivity index (χ2n) is 3.58. The largest absolute Gasteiger partial charge is 0.374 e. The molecule has 0 bridgehead atoms. The van der Waals surface area contributed by atoms with E-state index in [-0.39, 0.29) is 6.42 Å². The third kappa shape index (κ3) is 1.02. The van der Waals surface area contributed by atoms with Gasteiger partial charge in [0.05, 0.1) is 0 Å². The smallest absolute Gasteiger partial charge is 0.202 e. The highest BCUT2D eigenvalue weighted by Crippen LogP contribution is 2.30. The van der Waals surface area contributed by atoms with Crippen LogP contribution in [0.4, 0.5) is 0 Å². The molecule has 1 aromatic rings. The van der Waals surface area contributed by atoms with Gasteiger partial charge >= 0.3 is 0 Å². The fourth-order valence-corrected chi connectivity index (χ4v) is 1.76. The number of benzene rings is 1. The third-order valence-electron chi connectivity index (χ3n) is 2.67. The van der Waals surface area contributed by atoms with Crippen molar-refractivity contribution < 1.29 is 14.7 Å². The van der Waals surface area contributed by atoms with Gasteiger partial charge in [-0.05, 0) is 12.5 Å². The summed E-state index contributed by atoms with van der Waals surface area (Å²) in [5.74, 6) is -0.959. The second kappa shape index (κ2) is 2.75. The van der Waals surface area contributed by atoms with Gasteiger partial charge in [0, 0.05) is 12.0 Å². The van der Waals surface area contributed by atoms with Gasteiger partial charge in [-0.3, -0.25) is 9.59 Å². The normalized spacial score (nSPS) is 24.9. The summed E-state index contributed by atoms with van der Waals surface area (Å²) in [7, 11) is 0. The van der Waals surface area contributed by atoms with Crippen LogP contribution in [-0.2, 0) is 11.2 Å². The zero-order valence-electron chi connectivity index (χ0n) is 7.78. The molecule has 0 saturated heterocycles. The van der Waals surface area contributed by atoms with Crippen LogP contribution >= 0.6 is 0 Å². The Morgan fingerprint density at radius 1 is 1.43 bits per heavy atom. The van der Waals surface area contributed by atoms with Gasteiger partial charge in [-0.25, -0.2) is 0 Å². The SMILES string of the molecule is CC(=O)C1(O)Cc2ccccc2C1=O. The number of carbonyl (C=O) groups is 2. The highest BCUT2D eigenvalue weighted by Gasteiger charge is 2.47. The van der Waals surface area contributed by atoms with Crippen molar-refractivity contribution in [2.75, 3.05) is 0 Å². The Bertz CT molecular complexity index is 422. The Balaban J connectivity index is 2.54. The maximum absolute atomic E-state index is 11.7. The van der Waals surface area contributed by atoms with Crippen LogP contribution < -0.4 is 0 Å². The molecule has 1 aliphatic rings. The van der Waals surface area contributed by atoms with E-state index in [1.165, 1.54) is 6.92 Å². The molecule has 0 heterocycles. The predicted octanol–water partition coefficient (Wildman–Crippen LogP) is 0.746. The number of hydrogen-bond donors (Lipinski definition) is 1. The van der Waals surface area contributed by atoms with Crippen LogP contribution in [0.3, 0.4) is 0 Å². The third-order valence-corrected chi connectivity index (χ3v) is 2.67. The Morgan fingerprint density at radius 3 is 2.64 bits per heavy atom. The molecule has 3 heteroatoms. The molecule has 0 aromatic heterocycles. The molecule has 0 aliphatic heterocycles. The number of hydrogen-bond acceptors (Lipinski definition) is 3. The summed E-state index contributed by atoms with van der Waals surface area (Å²) in [6.07, 6.45) is 0.108. The average Bonchev–Trinajstić information content (AvgIpc) is 2.42. The minimum absolute atomic E-state index is 0.108. The molecule has 1 atom stereocenters. The van der Waals surface area contributed by atoms with Crippen molar-refractivity contribution in [2.45, 2.75) is 18.9 Å². The molecule has 14 heavy (non-hydrogen) atoms. The minimum Gasteiger partial charge on any atom is -0.374 e. The Labute approximate surface area is 81.4 Å². The fraction of sp³-hybridized carbons (Fsp3) is 0.273. The lowest BCUT2D eigenvalue weighted by atomic mass is 9.95. The molecule has 0 amide bonds. The zero-order chi connectivity index (χ0) is 10.3. The van der Waals surface area contributed by atoms with E-state index in [4.69, 9.17) is 0 Å². The maximum atomic E-state index is 11.7. The minimum atomic E-state index is -1.82. The summed E-state index contributed by atoms with van der Waals surface area (Å²) in [5, 5.41) is 9.86. The molecule has 2 rings (SSSR count). The van der Waals surface area contributed by atoms with Crippen LogP contribution in [0.5, 0.6) is 0 Å². The van der Waals surface area contributed by atoms with Crippen LogP contribution in [-0.4, -0.2) is 22.3 Å². The molecule has 0 radical (unpaired) electrons. The summed E-state index contributed by atoms with van der Waals surface area (Å²) in [6.45, 7) is 1.24. The van der Waals surface area contributed by atoms with E-state index in [0.717, 1.165) is 5.56 Å². The summed E-state index contributed by atoms with van der Waals surface area (Å²) in [6, 6.07) is 6.91. The van der Waals surface area contributed by atoms with Crippen molar-refractivity contribution in [2.24, 2.45) is 0 Å². The first kappa shape index (κ1) is 9.09. The van der Waals surface area contributed by atoms with E-state index in [1.54, 1.807) is 24.3 Å². The van der Waals surface area contributed by atoms with Crippen LogP contribution in [0, 0.1) is 0 Å². The molecular weight excluding hydrogens is 180 g/mol. The number of fused-ring (bicyclic) bond motifs is 1. The summed E-state index contributed by atoms with van der Waals surface area (Å²) >= 11 is 0. The molecule has 1 unspecified atom stereocenters. The Morgan fingerprint density at radius 2 is 2.07 bits per heavy atom. The number of Topliss-reactive ketones (excluding diaryl/α,β-unsaturated/α-hetero) is 2. The van der Waals surface area contributed by atoms with Crippen molar-refractivity contribution in [3.8, 4) is 0 Å². The van der Waals surface area contributed by atoms with Crippen molar-refractivity contribution in [3.63, 3.8) is 0 Å². The van der Waals surface area contributed by atoms with E-state index >= 15 is 0 Å². The number of carbonyl (C=O) groups excluding carboxylic acids is 2. The van der Waals surface area contributed by atoms with Crippen LogP contribution in [0.25, 0.3) is 0 Å². The number of ketones is 2. The summed E-state index contributed by atoms with van der Waals surface area (Å²) in [4.78, 5) is 22.9. The molecule has 1 aromatic carbocycles. The van der Waals surface area contributed by atoms with Crippen molar-refractivity contribution in [3.05, 3.63) is 35.4 Å². The zero-order valence-corrected chi connectivity index (χ0v) is 7.78. The van der Waals surface area contributed by atoms with Crippen molar-refractivity contribution in [1.29, 1.82) is 0 Å². The first-order valence-electron chi connectivity index (χ1n) is 4.42. The van der Waals surface area contributed by atoms with E-state index in [1.807, 2.05) is 0 Å². The molecule has 0 saturated carbocycles. The van der Waals surface area contributed by atoms with Crippen LogP contribution in [0.1, 0.15) is 22.8 Å². The maximum Gasteiger partial charge on any atom is 0.202 e. The number of rotatable bonds is 1. The second-order valence-corrected chi connectivity index (χ2v) is 3.58. The molecular formula is C11H10O3. The van der Waals surface area contributed by atoms with Gasteiger partial charge < -0.3 is 5.11 Å². The van der Waals surface area contributed by atoms with Crippen LogP contribution in [0.15, 0.2) is 24.3 Å². The van der Waals surface area contributed by atoms with E-state index in [2.05, 4.69) is 0 Å². The van der Waals surface area contributed by atoms with Crippen molar-refractivity contribution >= 4 is 11.6 Å². The highest BCUT2D eigenvalue weighted by molar-refractivity contribution is 6.19. The van der Waals surface area contributed by atoms with E-state index in [0.29, 0.717) is 5.56 Å². The quantitative estimate of drug-likeness (QED) is 0.665. The standard InChI is InChI=1S/C11H10O3/c1-7(12)11(14)6-8-4-2-3-5-9(8)10(11)13/h2-5,14H,6H2,1H3. The summed E-state index contributed by atoms with van der Waals surface area (Å²) < 4.78 is 0. The fourth-order valence-electron chi connectivity index (χ4n) is 1.76.